The molecule has 1 N–H and O–H groups in total. The second-order valence-corrected chi connectivity index (χ2v) is 8.73. The van der Waals surface area contributed by atoms with Crippen molar-refractivity contribution in [3.05, 3.63) is 80.7 Å². The van der Waals surface area contributed by atoms with Gasteiger partial charge in [-0.25, -0.2) is 4.79 Å². The number of nitro groups is 1. The van der Waals surface area contributed by atoms with Crippen molar-refractivity contribution >= 4 is 17.4 Å². The van der Waals surface area contributed by atoms with Crippen molar-refractivity contribution in [2.24, 2.45) is 5.92 Å². The predicted octanol–water partition coefficient (Wildman–Crippen LogP) is 3.90. The minimum atomic E-state index is -0.927. The van der Waals surface area contributed by atoms with Gasteiger partial charge in [-0.2, -0.15) is 0 Å². The summed E-state index contributed by atoms with van der Waals surface area (Å²) < 4.78 is 21.6. The number of Topliss-reactive ketones (excluding diaryl/α,β-unsaturated/α-hetero) is 1. The Bertz CT molecular complexity index is 1310. The number of nitrogens with zero attached hydrogens (tertiary/aromatic N) is 1. The Morgan fingerprint density at radius 1 is 1.17 bits per heavy atom. The first-order valence-electron chi connectivity index (χ1n) is 11.5. The van der Waals surface area contributed by atoms with E-state index in [1.54, 1.807) is 38.3 Å². The third-order valence-corrected chi connectivity index (χ3v) is 6.62. The number of hydrogen-bond donors (Lipinski definition) is 1. The number of ketones is 1. The first kappa shape index (κ1) is 23.4. The number of hydrogen-bond acceptors (Lipinski definition) is 9. The van der Waals surface area contributed by atoms with Crippen LogP contribution >= 0.6 is 0 Å². The normalized spacial score (nSPS) is 20.3. The SMILES string of the molecule is COc1ccc(COC(=O)C2=C(C)NC3=CCCC(=O)C3C2c2cc3c(cc2[N+](=O)[O-])OCO3)cc1. The fourth-order valence-corrected chi connectivity index (χ4v) is 4.92. The van der Waals surface area contributed by atoms with E-state index in [2.05, 4.69) is 5.32 Å². The molecule has 10 heteroatoms. The van der Waals surface area contributed by atoms with E-state index in [1.165, 1.54) is 12.1 Å². The summed E-state index contributed by atoms with van der Waals surface area (Å²) in [6, 6.07) is 9.85. The van der Waals surface area contributed by atoms with Gasteiger partial charge in [-0.15, -0.1) is 0 Å². The Balaban J connectivity index is 1.57. The number of ether oxygens (including phenoxy) is 4. The highest BCUT2D eigenvalue weighted by Crippen LogP contribution is 2.49. The molecule has 2 heterocycles. The predicted molar refractivity (Wildman–Crippen MR) is 126 cm³/mol. The molecule has 0 fully saturated rings. The minimum Gasteiger partial charge on any atom is -0.497 e. The highest BCUT2D eigenvalue weighted by molar-refractivity contribution is 5.96. The molecule has 10 nitrogen and oxygen atoms in total. The molecule has 1 aliphatic carbocycles. The smallest absolute Gasteiger partial charge is 0.336 e. The molecule has 186 valence electrons. The minimum absolute atomic E-state index is 0.0170. The van der Waals surface area contributed by atoms with Gasteiger partial charge in [0.2, 0.25) is 6.79 Å². The number of carbonyl (C=O) groups excluding carboxylic acids is 2. The second kappa shape index (κ2) is 9.37. The number of allylic oxidation sites excluding steroid dienone is 3. The maximum Gasteiger partial charge on any atom is 0.336 e. The fourth-order valence-electron chi connectivity index (χ4n) is 4.92. The van der Waals surface area contributed by atoms with Crippen LogP contribution in [0.25, 0.3) is 0 Å². The van der Waals surface area contributed by atoms with E-state index >= 15 is 0 Å². The summed E-state index contributed by atoms with van der Waals surface area (Å²) in [5.41, 5.74) is 1.97. The van der Waals surface area contributed by atoms with Crippen molar-refractivity contribution in [2.75, 3.05) is 13.9 Å². The highest BCUT2D eigenvalue weighted by atomic mass is 16.7. The summed E-state index contributed by atoms with van der Waals surface area (Å²) in [5.74, 6) is -1.24. The Morgan fingerprint density at radius 3 is 2.58 bits per heavy atom. The van der Waals surface area contributed by atoms with Crippen LogP contribution in [-0.2, 0) is 20.9 Å². The molecular weight excluding hydrogens is 468 g/mol. The van der Waals surface area contributed by atoms with Crippen molar-refractivity contribution in [1.29, 1.82) is 0 Å². The topological polar surface area (TPSA) is 126 Å². The molecule has 36 heavy (non-hydrogen) atoms. The molecule has 3 aliphatic rings. The van der Waals surface area contributed by atoms with Crippen LogP contribution in [0.1, 0.15) is 36.8 Å². The van der Waals surface area contributed by atoms with Crippen molar-refractivity contribution in [1.82, 2.24) is 5.32 Å². The monoisotopic (exact) mass is 492 g/mol. The summed E-state index contributed by atoms with van der Waals surface area (Å²) in [6.45, 7) is 1.62. The number of benzene rings is 2. The molecule has 5 rings (SSSR count). The van der Waals surface area contributed by atoms with Crippen molar-refractivity contribution in [2.45, 2.75) is 32.3 Å². The molecule has 0 radical (unpaired) electrons. The Morgan fingerprint density at radius 2 is 1.89 bits per heavy atom. The van der Waals surface area contributed by atoms with E-state index < -0.39 is 22.7 Å². The molecular formula is C26H24N2O8. The largest absolute Gasteiger partial charge is 0.497 e. The summed E-state index contributed by atoms with van der Waals surface area (Å²) in [5, 5.41) is 15.2. The van der Waals surface area contributed by atoms with Crippen LogP contribution in [0, 0.1) is 16.0 Å². The number of fused-ring (bicyclic) bond motifs is 2. The zero-order valence-electron chi connectivity index (χ0n) is 19.7. The first-order chi connectivity index (χ1) is 17.4. The van der Waals surface area contributed by atoms with Gasteiger partial charge in [0.05, 0.1) is 29.6 Å². The van der Waals surface area contributed by atoms with Crippen LogP contribution in [0.2, 0.25) is 0 Å². The zero-order chi connectivity index (χ0) is 25.4. The van der Waals surface area contributed by atoms with Gasteiger partial charge in [0.1, 0.15) is 18.1 Å². The molecule has 2 aromatic rings. The highest BCUT2D eigenvalue weighted by Gasteiger charge is 2.46. The van der Waals surface area contributed by atoms with Gasteiger partial charge in [-0.1, -0.05) is 18.2 Å². The number of nitro benzene ring substituents is 1. The molecule has 0 saturated heterocycles. The molecule has 0 spiro atoms. The number of methoxy groups -OCH3 is 1. The lowest BCUT2D eigenvalue weighted by molar-refractivity contribution is -0.385. The van der Waals surface area contributed by atoms with Gasteiger partial charge in [-0.3, -0.25) is 14.9 Å². The summed E-state index contributed by atoms with van der Waals surface area (Å²) >= 11 is 0. The maximum absolute atomic E-state index is 13.5. The second-order valence-electron chi connectivity index (χ2n) is 8.73. The molecule has 0 aromatic heterocycles. The average molecular weight is 492 g/mol. The van der Waals surface area contributed by atoms with E-state index in [9.17, 15) is 19.7 Å². The van der Waals surface area contributed by atoms with Crippen LogP contribution in [0.3, 0.4) is 0 Å². The van der Waals surface area contributed by atoms with Crippen molar-refractivity contribution in [3.63, 3.8) is 0 Å². The van der Waals surface area contributed by atoms with Crippen LogP contribution in [0.4, 0.5) is 5.69 Å². The van der Waals surface area contributed by atoms with Gasteiger partial charge in [0.25, 0.3) is 5.69 Å². The van der Waals surface area contributed by atoms with Gasteiger partial charge in [0.15, 0.2) is 11.5 Å². The van der Waals surface area contributed by atoms with Gasteiger partial charge >= 0.3 is 5.97 Å². The van der Waals surface area contributed by atoms with Crippen LogP contribution in [-0.4, -0.2) is 30.6 Å². The molecule has 0 saturated carbocycles. The lowest BCUT2D eigenvalue weighted by Crippen LogP contribution is -2.41. The zero-order valence-corrected chi connectivity index (χ0v) is 19.7. The van der Waals surface area contributed by atoms with Crippen molar-refractivity contribution < 1.29 is 33.5 Å². The van der Waals surface area contributed by atoms with E-state index in [0.29, 0.717) is 29.3 Å². The Labute approximate surface area is 206 Å². The summed E-state index contributed by atoms with van der Waals surface area (Å²) in [4.78, 5) is 38.2. The third kappa shape index (κ3) is 4.15. The van der Waals surface area contributed by atoms with Gasteiger partial charge < -0.3 is 24.3 Å². The summed E-state index contributed by atoms with van der Waals surface area (Å²) in [6.07, 6.45) is 2.73. The van der Waals surface area contributed by atoms with Gasteiger partial charge in [-0.05, 0) is 37.1 Å². The molecule has 2 atom stereocenters. The fraction of sp³-hybridized carbons (Fsp3) is 0.308. The Hall–Kier alpha value is -4.34. The lowest BCUT2D eigenvalue weighted by atomic mass is 9.70. The molecule has 0 bridgehead atoms. The molecule has 2 unspecified atom stereocenters. The molecule has 2 aliphatic heterocycles. The van der Waals surface area contributed by atoms with E-state index in [-0.39, 0.29) is 48.2 Å². The van der Waals surface area contributed by atoms with Crippen LogP contribution in [0.15, 0.2) is 59.4 Å². The summed E-state index contributed by atoms with van der Waals surface area (Å²) in [7, 11) is 1.56. The number of nitrogens with one attached hydrogen (secondary N) is 1. The molecule has 2 aromatic carbocycles. The maximum atomic E-state index is 13.5. The first-order valence-corrected chi connectivity index (χ1v) is 11.5. The number of carbonyl (C=O) groups is 2. The quantitative estimate of drug-likeness (QED) is 0.363. The van der Waals surface area contributed by atoms with Crippen molar-refractivity contribution in [3.8, 4) is 17.2 Å². The van der Waals surface area contributed by atoms with Crippen LogP contribution in [0.5, 0.6) is 17.2 Å². The number of esters is 1. The van der Waals surface area contributed by atoms with E-state index in [0.717, 1.165) is 5.56 Å². The standard InChI is InChI=1S/C26H24N2O8/c1-14-23(26(30)34-12-15-6-8-16(33-2)9-7-15)24(25-18(27-14)4-3-5-20(25)29)17-10-21-22(36-13-35-21)11-19(17)28(31)32/h4,6-11,24-25,27H,3,5,12-13H2,1-2H3. The van der Waals surface area contributed by atoms with E-state index in [4.69, 9.17) is 18.9 Å². The lowest BCUT2D eigenvalue weighted by Gasteiger charge is -2.37. The number of rotatable bonds is 6. The third-order valence-electron chi connectivity index (χ3n) is 6.62. The average Bonchev–Trinajstić information content (AvgIpc) is 3.34. The Kier molecular flexibility index (Phi) is 6.09. The van der Waals surface area contributed by atoms with E-state index in [1.807, 2.05) is 6.08 Å². The van der Waals surface area contributed by atoms with Gasteiger partial charge in [0, 0.05) is 29.3 Å². The molecule has 0 amide bonds. The van der Waals surface area contributed by atoms with Crippen LogP contribution < -0.4 is 19.5 Å².